The van der Waals surface area contributed by atoms with Crippen LogP contribution in [0.15, 0.2) is 30.5 Å². The van der Waals surface area contributed by atoms with E-state index in [1.165, 1.54) is 6.20 Å². The van der Waals surface area contributed by atoms with E-state index >= 15 is 0 Å². The van der Waals surface area contributed by atoms with Crippen molar-refractivity contribution in [1.82, 2.24) is 15.3 Å². The zero-order valence-corrected chi connectivity index (χ0v) is 13.3. The number of aromatic nitrogens is 2. The van der Waals surface area contributed by atoms with Gasteiger partial charge in [-0.2, -0.15) is 0 Å². The van der Waals surface area contributed by atoms with Crippen molar-refractivity contribution in [2.24, 2.45) is 5.92 Å². The van der Waals surface area contributed by atoms with Crippen molar-refractivity contribution in [1.29, 1.82) is 0 Å². The van der Waals surface area contributed by atoms with Crippen LogP contribution in [-0.4, -0.2) is 29.0 Å². The van der Waals surface area contributed by atoms with Gasteiger partial charge in [-0.1, -0.05) is 17.7 Å². The molecule has 6 nitrogen and oxygen atoms in total. The first-order valence-corrected chi connectivity index (χ1v) is 7.91. The predicted molar refractivity (Wildman–Crippen MR) is 91.1 cm³/mol. The SMILES string of the molecule is Nc1cccc(-c2cc(NC(=O)[C@@H]3CCCNC3)ncc2Cl)n1. The van der Waals surface area contributed by atoms with E-state index in [9.17, 15) is 4.79 Å². The number of piperidine rings is 1. The number of carbonyl (C=O) groups is 1. The summed E-state index contributed by atoms with van der Waals surface area (Å²) in [5.74, 6) is 0.812. The van der Waals surface area contributed by atoms with Crippen molar-refractivity contribution in [3.05, 3.63) is 35.5 Å². The molecule has 0 saturated carbocycles. The van der Waals surface area contributed by atoms with Gasteiger partial charge in [0.1, 0.15) is 11.6 Å². The normalized spacial score (nSPS) is 17.7. The molecule has 1 atom stereocenters. The molecule has 0 bridgehead atoms. The van der Waals surface area contributed by atoms with E-state index in [1.807, 2.05) is 6.07 Å². The lowest BCUT2D eigenvalue weighted by molar-refractivity contribution is -0.120. The van der Waals surface area contributed by atoms with Gasteiger partial charge in [0.05, 0.1) is 16.6 Å². The Morgan fingerprint density at radius 2 is 2.30 bits per heavy atom. The Morgan fingerprint density at radius 3 is 3.04 bits per heavy atom. The summed E-state index contributed by atoms with van der Waals surface area (Å²) in [5.41, 5.74) is 7.05. The fourth-order valence-corrected chi connectivity index (χ4v) is 2.81. The van der Waals surface area contributed by atoms with Gasteiger partial charge < -0.3 is 16.4 Å². The van der Waals surface area contributed by atoms with Gasteiger partial charge in [0.25, 0.3) is 0 Å². The largest absolute Gasteiger partial charge is 0.384 e. The maximum absolute atomic E-state index is 12.3. The zero-order chi connectivity index (χ0) is 16.2. The van der Waals surface area contributed by atoms with Crippen LogP contribution >= 0.6 is 11.6 Å². The van der Waals surface area contributed by atoms with E-state index in [0.29, 0.717) is 34.5 Å². The molecule has 2 aromatic rings. The minimum absolute atomic E-state index is 0.0292. The molecule has 4 N–H and O–H groups in total. The molecule has 0 aliphatic carbocycles. The number of halogens is 1. The van der Waals surface area contributed by atoms with Crippen molar-refractivity contribution >= 4 is 29.1 Å². The van der Waals surface area contributed by atoms with Crippen molar-refractivity contribution < 1.29 is 4.79 Å². The number of anilines is 2. The van der Waals surface area contributed by atoms with Crippen LogP contribution in [0.25, 0.3) is 11.3 Å². The van der Waals surface area contributed by atoms with E-state index in [0.717, 1.165) is 19.4 Å². The zero-order valence-electron chi connectivity index (χ0n) is 12.6. The van der Waals surface area contributed by atoms with Gasteiger partial charge in [-0.3, -0.25) is 4.79 Å². The van der Waals surface area contributed by atoms with E-state index in [1.54, 1.807) is 18.2 Å². The fourth-order valence-electron chi connectivity index (χ4n) is 2.61. The molecule has 23 heavy (non-hydrogen) atoms. The third kappa shape index (κ3) is 3.78. The molecule has 3 heterocycles. The average molecular weight is 332 g/mol. The Morgan fingerprint density at radius 1 is 1.43 bits per heavy atom. The van der Waals surface area contributed by atoms with Gasteiger partial charge in [0.15, 0.2) is 0 Å². The van der Waals surface area contributed by atoms with E-state index in [4.69, 9.17) is 17.3 Å². The smallest absolute Gasteiger partial charge is 0.229 e. The number of hydrogen-bond acceptors (Lipinski definition) is 5. The van der Waals surface area contributed by atoms with Crippen molar-refractivity contribution in [2.75, 3.05) is 24.1 Å². The molecular weight excluding hydrogens is 314 g/mol. The van der Waals surface area contributed by atoms with Crippen LogP contribution in [0, 0.1) is 5.92 Å². The first-order chi connectivity index (χ1) is 11.1. The molecule has 0 radical (unpaired) electrons. The maximum Gasteiger partial charge on any atom is 0.229 e. The van der Waals surface area contributed by atoms with Gasteiger partial charge in [0, 0.05) is 18.3 Å². The highest BCUT2D eigenvalue weighted by molar-refractivity contribution is 6.33. The quantitative estimate of drug-likeness (QED) is 0.802. The Hall–Kier alpha value is -2.18. The highest BCUT2D eigenvalue weighted by atomic mass is 35.5. The van der Waals surface area contributed by atoms with Gasteiger partial charge in [-0.15, -0.1) is 0 Å². The number of nitrogen functional groups attached to an aromatic ring is 1. The molecule has 1 aliphatic heterocycles. The van der Waals surface area contributed by atoms with Crippen LogP contribution < -0.4 is 16.4 Å². The minimum atomic E-state index is -0.0322. The second-order valence-electron chi connectivity index (χ2n) is 5.53. The average Bonchev–Trinajstić information content (AvgIpc) is 2.57. The lowest BCUT2D eigenvalue weighted by atomic mass is 9.99. The van der Waals surface area contributed by atoms with Gasteiger partial charge >= 0.3 is 0 Å². The summed E-state index contributed by atoms with van der Waals surface area (Å²) in [6, 6.07) is 7.05. The second kappa shape index (κ2) is 6.93. The molecule has 1 amide bonds. The second-order valence-corrected chi connectivity index (χ2v) is 5.94. The topological polar surface area (TPSA) is 92.9 Å². The monoisotopic (exact) mass is 331 g/mol. The van der Waals surface area contributed by atoms with E-state index in [2.05, 4.69) is 20.6 Å². The molecular formula is C16H18ClN5O. The van der Waals surface area contributed by atoms with Crippen molar-refractivity contribution in [3.63, 3.8) is 0 Å². The lowest BCUT2D eigenvalue weighted by Gasteiger charge is -2.21. The van der Waals surface area contributed by atoms with Crippen molar-refractivity contribution in [2.45, 2.75) is 12.8 Å². The summed E-state index contributed by atoms with van der Waals surface area (Å²) >= 11 is 6.20. The third-order valence-corrected chi connectivity index (χ3v) is 4.12. The number of rotatable bonds is 3. The summed E-state index contributed by atoms with van der Waals surface area (Å²) in [5, 5.41) is 6.54. The van der Waals surface area contributed by atoms with Crippen LogP contribution in [0.4, 0.5) is 11.6 Å². The number of pyridine rings is 2. The highest BCUT2D eigenvalue weighted by Crippen LogP contribution is 2.28. The highest BCUT2D eigenvalue weighted by Gasteiger charge is 2.21. The van der Waals surface area contributed by atoms with E-state index < -0.39 is 0 Å². The predicted octanol–water partition coefficient (Wildman–Crippen LogP) is 2.32. The summed E-state index contributed by atoms with van der Waals surface area (Å²) in [6.45, 7) is 1.66. The van der Waals surface area contributed by atoms with Gasteiger partial charge in [-0.05, 0) is 37.6 Å². The van der Waals surface area contributed by atoms with Crippen LogP contribution in [0.1, 0.15) is 12.8 Å². The number of carbonyl (C=O) groups excluding carboxylic acids is 1. The molecule has 2 aromatic heterocycles. The Labute approximate surface area is 139 Å². The first kappa shape index (κ1) is 15.7. The number of hydrogen-bond donors (Lipinski definition) is 3. The Bertz CT molecular complexity index is 715. The number of nitrogens with one attached hydrogen (secondary N) is 2. The molecule has 0 spiro atoms. The Kier molecular flexibility index (Phi) is 4.73. The van der Waals surface area contributed by atoms with Crippen LogP contribution in [0.5, 0.6) is 0 Å². The standard InChI is InChI=1S/C16H18ClN5O/c17-12-9-20-15(22-16(23)10-3-2-6-19-8-10)7-11(12)13-4-1-5-14(18)21-13/h1,4-5,7,9-10,19H,2-3,6,8H2,(H2,18,21)(H,20,22,23)/t10-/m1/s1. The van der Waals surface area contributed by atoms with Gasteiger partial charge in [0.2, 0.25) is 5.91 Å². The van der Waals surface area contributed by atoms with Crippen LogP contribution in [-0.2, 0) is 4.79 Å². The number of nitrogens with two attached hydrogens (primary N) is 1. The molecule has 7 heteroatoms. The summed E-state index contributed by atoms with van der Waals surface area (Å²) in [4.78, 5) is 20.7. The first-order valence-electron chi connectivity index (χ1n) is 7.53. The molecule has 0 unspecified atom stereocenters. The summed E-state index contributed by atoms with van der Waals surface area (Å²) < 4.78 is 0. The number of amides is 1. The molecule has 1 aliphatic rings. The van der Waals surface area contributed by atoms with Crippen LogP contribution in [0.3, 0.4) is 0 Å². The Balaban J connectivity index is 1.81. The van der Waals surface area contributed by atoms with Crippen molar-refractivity contribution in [3.8, 4) is 11.3 Å². The summed E-state index contributed by atoms with van der Waals surface area (Å²) in [7, 11) is 0. The number of nitrogens with zero attached hydrogens (tertiary/aromatic N) is 2. The molecule has 120 valence electrons. The molecule has 1 saturated heterocycles. The minimum Gasteiger partial charge on any atom is -0.384 e. The molecule has 1 fully saturated rings. The molecule has 3 rings (SSSR count). The fraction of sp³-hybridized carbons (Fsp3) is 0.312. The maximum atomic E-state index is 12.3. The van der Waals surface area contributed by atoms with Crippen LogP contribution in [0.2, 0.25) is 5.02 Å². The van der Waals surface area contributed by atoms with Gasteiger partial charge in [-0.25, -0.2) is 9.97 Å². The molecule has 0 aromatic carbocycles. The van der Waals surface area contributed by atoms with E-state index in [-0.39, 0.29) is 11.8 Å². The lowest BCUT2D eigenvalue weighted by Crippen LogP contribution is -2.37. The summed E-state index contributed by atoms with van der Waals surface area (Å²) in [6.07, 6.45) is 3.40. The third-order valence-electron chi connectivity index (χ3n) is 3.82.